The third kappa shape index (κ3) is 18.9. The molecule has 0 atom stereocenters. The Morgan fingerprint density at radius 1 is 0.627 bits per heavy atom. The molecule has 26 heteroatoms. The minimum atomic E-state index is -3.38. The highest BCUT2D eigenvalue weighted by Gasteiger charge is 2.27. The molecular formula is C49H61Cl4N7O11P2S2. The predicted octanol–water partition coefficient (Wildman–Crippen LogP) is 14.1. The van der Waals surface area contributed by atoms with Crippen molar-refractivity contribution in [2.45, 2.75) is 113 Å². The van der Waals surface area contributed by atoms with Crippen LogP contribution in [0.2, 0.25) is 20.1 Å². The minimum Gasteiger partial charge on any atom is -0.465 e. The Kier molecular flexibility index (Phi) is 24.6. The first-order valence-corrected chi connectivity index (χ1v) is 30.2. The number of rotatable bonds is 27. The molecule has 0 fully saturated rings. The van der Waals surface area contributed by atoms with Gasteiger partial charge in [0, 0.05) is 54.4 Å². The molecule has 0 aliphatic carbocycles. The van der Waals surface area contributed by atoms with Gasteiger partial charge in [0.05, 0.1) is 50.9 Å². The Bertz CT molecular complexity index is 2860. The number of benzene rings is 2. The van der Waals surface area contributed by atoms with Gasteiger partial charge in [-0.3, -0.25) is 9.13 Å². The number of imidazole rings is 2. The van der Waals surface area contributed by atoms with Gasteiger partial charge in [-0.1, -0.05) is 110 Å². The maximum Gasteiger partial charge on any atom is 0.404 e. The molecule has 18 nitrogen and oxygen atoms in total. The summed E-state index contributed by atoms with van der Waals surface area (Å²) >= 11 is 27.8. The number of carbonyl (C=O) groups excluding carboxylic acids is 1. The number of aliphatic hydroxyl groups is 1. The number of aliphatic hydroxyl groups excluding tert-OH is 1. The summed E-state index contributed by atoms with van der Waals surface area (Å²) in [5.41, 5.74) is 8.60. The number of carbonyl (C=O) groups is 1. The van der Waals surface area contributed by atoms with E-state index in [0.717, 1.165) is 42.4 Å². The zero-order valence-electron chi connectivity index (χ0n) is 42.7. The van der Waals surface area contributed by atoms with Crippen molar-refractivity contribution >= 4 is 91.2 Å². The molecule has 0 saturated carbocycles. The molecule has 3 N–H and O–H groups in total. The van der Waals surface area contributed by atoms with Crippen LogP contribution in [0, 0.1) is 0 Å². The zero-order valence-corrected chi connectivity index (χ0v) is 49.1. The maximum atomic E-state index is 12.7. The fraction of sp³-hybridized carbons (Fsp3) is 0.408. The molecule has 1 amide bonds. The molecule has 0 bridgehead atoms. The molecule has 0 unspecified atom stereocenters. The van der Waals surface area contributed by atoms with Crippen LogP contribution in [0.3, 0.4) is 0 Å². The Morgan fingerprint density at radius 3 is 1.32 bits per heavy atom. The summed E-state index contributed by atoms with van der Waals surface area (Å²) in [7, 11) is -6.72. The number of amides is 1. The lowest BCUT2D eigenvalue weighted by molar-refractivity contribution is 0.145. The molecule has 6 aromatic rings. The molecule has 75 heavy (non-hydrogen) atoms. The Morgan fingerprint density at radius 2 is 1.00 bits per heavy atom. The van der Waals surface area contributed by atoms with Crippen LogP contribution in [0.15, 0.2) is 92.9 Å². The highest BCUT2D eigenvalue weighted by atomic mass is 35.5. The first-order valence-electron chi connectivity index (χ1n) is 23.6. The van der Waals surface area contributed by atoms with Crippen LogP contribution in [0.4, 0.5) is 4.79 Å². The topological polar surface area (TPSA) is 223 Å². The van der Waals surface area contributed by atoms with E-state index >= 15 is 0 Å². The van der Waals surface area contributed by atoms with Crippen LogP contribution in [0.1, 0.15) is 101 Å². The highest BCUT2D eigenvalue weighted by Crippen LogP contribution is 2.49. The second-order valence-corrected chi connectivity index (χ2v) is 24.4. The quantitative estimate of drug-likeness (QED) is 0.0457. The van der Waals surface area contributed by atoms with Crippen molar-refractivity contribution in [3.05, 3.63) is 127 Å². The van der Waals surface area contributed by atoms with Gasteiger partial charge in [0.2, 0.25) is 11.8 Å². The fourth-order valence-corrected chi connectivity index (χ4v) is 13.3. The van der Waals surface area contributed by atoms with Gasteiger partial charge in [0.15, 0.2) is 19.3 Å². The molecule has 4 aromatic heterocycles. The van der Waals surface area contributed by atoms with E-state index < -0.39 is 21.3 Å². The monoisotopic (exact) mass is 1190 g/mol. The van der Waals surface area contributed by atoms with E-state index in [1.165, 1.54) is 23.5 Å². The molecule has 0 saturated heterocycles. The summed E-state index contributed by atoms with van der Waals surface area (Å²) < 4.78 is 66.4. The van der Waals surface area contributed by atoms with Crippen LogP contribution in [0.5, 0.6) is 11.8 Å². The smallest absolute Gasteiger partial charge is 0.404 e. The first-order chi connectivity index (χ1) is 35.7. The van der Waals surface area contributed by atoms with Gasteiger partial charge in [-0.25, -0.2) is 24.7 Å². The standard InChI is InChI=1S/C25H31Cl2N4O6PS.C24H30Cl2N3O5PS/c1-5-36-38(33,37-6-2)15-35-22-8-7-17(12-29-22)13-31-21(14-34-25(28)32)30-23(16(3)4)24(31)39-20-10-18(26)9-19(27)11-20;1-5-33-35(31,34-6-2)15-32-22-8-7-17(12-27-22)13-29-21(14-30)28-23(16(3)4)24(29)36-20-10-18(25)9-19(26)11-20/h7-12,16H,5-6,13-15H2,1-4H3,(H2,28,32);7-12,16,30H,5-6,13-15H2,1-4H3. The van der Waals surface area contributed by atoms with Crippen molar-refractivity contribution in [2.24, 2.45) is 5.73 Å². The SMILES string of the molecule is CCOP(=O)(COc1ccc(Cn2c(CO)nc(C(C)C)c2Sc2cc(Cl)cc(Cl)c2)cn1)OCC.CCOP(=O)(COc1ccc(Cn2c(COC(N)=O)nc(C(C)C)c2Sc2cc(Cl)cc(Cl)c2)cn1)OCC. The van der Waals surface area contributed by atoms with Crippen molar-refractivity contribution in [3.63, 3.8) is 0 Å². The third-order valence-corrected chi connectivity index (χ3v) is 16.6. The Balaban J connectivity index is 0.000000278. The number of halogens is 4. The van der Waals surface area contributed by atoms with Crippen LogP contribution >= 0.6 is 85.1 Å². The number of nitrogens with zero attached hydrogens (tertiary/aromatic N) is 6. The van der Waals surface area contributed by atoms with Gasteiger partial charge < -0.3 is 52.3 Å². The van der Waals surface area contributed by atoms with Crippen molar-refractivity contribution < 1.29 is 51.3 Å². The second-order valence-electron chi connectivity index (χ2n) is 16.5. The average molecular weight is 1190 g/mol. The number of pyridine rings is 2. The molecular weight excluding hydrogens is 1130 g/mol. The second kappa shape index (κ2) is 29.8. The molecule has 0 aliphatic heterocycles. The number of aromatic nitrogens is 6. The van der Waals surface area contributed by atoms with Gasteiger partial charge in [0.1, 0.15) is 28.3 Å². The lowest BCUT2D eigenvalue weighted by Gasteiger charge is -2.17. The van der Waals surface area contributed by atoms with E-state index in [9.17, 15) is 19.0 Å². The van der Waals surface area contributed by atoms with Gasteiger partial charge in [-0.05, 0) is 87.1 Å². The largest absolute Gasteiger partial charge is 0.465 e. The lowest BCUT2D eigenvalue weighted by atomic mass is 10.1. The van der Waals surface area contributed by atoms with Crippen molar-refractivity contribution in [2.75, 3.05) is 39.1 Å². The van der Waals surface area contributed by atoms with E-state index in [0.29, 0.717) is 50.7 Å². The van der Waals surface area contributed by atoms with Crippen LogP contribution in [-0.2, 0) is 58.3 Å². The van der Waals surface area contributed by atoms with Gasteiger partial charge in [-0.2, -0.15) is 0 Å². The van der Waals surface area contributed by atoms with Crippen molar-refractivity contribution in [3.8, 4) is 11.8 Å². The van der Waals surface area contributed by atoms with E-state index in [1.54, 1.807) is 64.4 Å². The third-order valence-electron chi connectivity index (χ3n) is 10.1. The van der Waals surface area contributed by atoms with Crippen LogP contribution in [-0.4, -0.2) is 79.4 Å². The van der Waals surface area contributed by atoms with Crippen molar-refractivity contribution in [1.29, 1.82) is 0 Å². The summed E-state index contributed by atoms with van der Waals surface area (Å²) in [5.74, 6) is 1.83. The number of hydrogen-bond acceptors (Lipinski definition) is 17. The number of hydrogen-bond donors (Lipinski definition) is 2. The fourth-order valence-electron chi connectivity index (χ4n) is 6.91. The number of nitrogens with two attached hydrogens (primary N) is 1. The van der Waals surface area contributed by atoms with Crippen LogP contribution in [0.25, 0.3) is 0 Å². The summed E-state index contributed by atoms with van der Waals surface area (Å²) in [6.07, 6.45) is 1.93. The van der Waals surface area contributed by atoms with Crippen molar-refractivity contribution in [1.82, 2.24) is 29.1 Å². The maximum absolute atomic E-state index is 12.7. The molecule has 0 spiro atoms. The minimum absolute atomic E-state index is 0.0657. The molecule has 0 radical (unpaired) electrons. The molecule has 0 aliphatic rings. The normalized spacial score (nSPS) is 11.8. The van der Waals surface area contributed by atoms with Gasteiger partial charge >= 0.3 is 21.3 Å². The molecule has 2 aromatic carbocycles. The van der Waals surface area contributed by atoms with E-state index in [4.69, 9.17) is 94.4 Å². The highest BCUT2D eigenvalue weighted by molar-refractivity contribution is 7.99. The van der Waals surface area contributed by atoms with Gasteiger partial charge in [0.25, 0.3) is 0 Å². The average Bonchev–Trinajstić information content (AvgIpc) is 3.86. The summed E-state index contributed by atoms with van der Waals surface area (Å²) in [5, 5.41) is 13.9. The van der Waals surface area contributed by atoms with E-state index in [2.05, 4.69) is 23.8 Å². The van der Waals surface area contributed by atoms with E-state index in [1.807, 2.05) is 59.4 Å². The summed E-state index contributed by atoms with van der Waals surface area (Å²) in [6, 6.07) is 17.7. The van der Waals surface area contributed by atoms with Crippen LogP contribution < -0.4 is 15.2 Å². The lowest BCUT2D eigenvalue weighted by Crippen LogP contribution is -2.15. The van der Waals surface area contributed by atoms with E-state index in [-0.39, 0.29) is 70.1 Å². The molecule has 4 heterocycles. The van der Waals surface area contributed by atoms with Gasteiger partial charge in [-0.15, -0.1) is 0 Å². The number of ether oxygens (including phenoxy) is 3. The zero-order chi connectivity index (χ0) is 54.9. The molecule has 408 valence electrons. The number of primary amides is 1. The molecule has 6 rings (SSSR count). The Hall–Kier alpha value is -3.85. The Labute approximate surface area is 466 Å². The summed E-state index contributed by atoms with van der Waals surface area (Å²) in [4.78, 5) is 31.2. The first kappa shape index (κ1) is 62.0. The summed E-state index contributed by atoms with van der Waals surface area (Å²) in [6.45, 7) is 16.6. The predicted molar refractivity (Wildman–Crippen MR) is 293 cm³/mol.